The summed E-state index contributed by atoms with van der Waals surface area (Å²) in [5.74, 6) is -0.386. The molecule has 0 aromatic heterocycles. The van der Waals surface area contributed by atoms with Gasteiger partial charge >= 0.3 is 6.18 Å². The van der Waals surface area contributed by atoms with Crippen LogP contribution in [0, 0.1) is 11.3 Å². The Balaban J connectivity index is 3.51. The zero-order valence-corrected chi connectivity index (χ0v) is 12.2. The minimum absolute atomic E-state index is 0.148. The summed E-state index contributed by atoms with van der Waals surface area (Å²) in [6.07, 6.45) is -4.66. The second-order valence-corrected chi connectivity index (χ2v) is 4.94. The van der Waals surface area contributed by atoms with E-state index >= 15 is 0 Å². The molecule has 1 aromatic rings. The highest BCUT2D eigenvalue weighted by atomic mass is 19.4. The molecule has 0 radical (unpaired) electrons. The first-order valence-corrected chi connectivity index (χ1v) is 6.10. The van der Waals surface area contributed by atoms with Crippen molar-refractivity contribution in [2.75, 3.05) is 21.1 Å². The molecule has 0 saturated carbocycles. The van der Waals surface area contributed by atoms with E-state index in [2.05, 4.69) is 5.32 Å². The number of alkyl halides is 3. The first kappa shape index (κ1) is 17.0. The van der Waals surface area contributed by atoms with Gasteiger partial charge in [0.15, 0.2) is 0 Å². The minimum atomic E-state index is -4.66. The first-order valence-electron chi connectivity index (χ1n) is 6.10. The third-order valence-corrected chi connectivity index (χ3v) is 3.36. The summed E-state index contributed by atoms with van der Waals surface area (Å²) in [6.45, 7) is 1.50. The molecule has 1 amide bonds. The zero-order valence-electron chi connectivity index (χ0n) is 12.2. The van der Waals surface area contributed by atoms with Crippen molar-refractivity contribution in [3.05, 3.63) is 34.9 Å². The molecule has 1 rings (SSSR count). The van der Waals surface area contributed by atoms with E-state index in [9.17, 15) is 18.0 Å². The summed E-state index contributed by atoms with van der Waals surface area (Å²) in [5.41, 5.74) is -2.68. The molecule has 4 nitrogen and oxygen atoms in total. The second-order valence-electron chi connectivity index (χ2n) is 4.94. The molecule has 0 spiro atoms. The highest BCUT2D eigenvalue weighted by Gasteiger charge is 2.39. The Morgan fingerprint density at radius 1 is 1.33 bits per heavy atom. The van der Waals surface area contributed by atoms with Crippen LogP contribution in [0.1, 0.15) is 23.6 Å². The second kappa shape index (κ2) is 5.74. The number of nitrogens with one attached hydrogen (secondary N) is 1. The Bertz CT molecular complexity index is 590. The van der Waals surface area contributed by atoms with Gasteiger partial charge in [0.05, 0.1) is 17.2 Å². The number of carbonyl (C=O) groups is 1. The average molecular weight is 299 g/mol. The molecule has 0 aliphatic heterocycles. The van der Waals surface area contributed by atoms with Crippen molar-refractivity contribution in [1.29, 1.82) is 5.26 Å². The number of hydrogen-bond donors (Lipinski definition) is 1. The summed E-state index contributed by atoms with van der Waals surface area (Å²) >= 11 is 0. The highest BCUT2D eigenvalue weighted by molar-refractivity contribution is 5.87. The number of nitriles is 1. The molecule has 1 N–H and O–H groups in total. The van der Waals surface area contributed by atoms with Gasteiger partial charge in [-0.05, 0) is 31.7 Å². The van der Waals surface area contributed by atoms with Gasteiger partial charge in [-0.15, -0.1) is 0 Å². The van der Waals surface area contributed by atoms with Crippen LogP contribution in [0.15, 0.2) is 18.2 Å². The summed E-state index contributed by atoms with van der Waals surface area (Å²) in [6, 6.07) is 4.79. The Morgan fingerprint density at radius 2 is 1.90 bits per heavy atom. The fraction of sp³-hybridized carbons (Fsp3) is 0.429. The van der Waals surface area contributed by atoms with E-state index in [1.54, 1.807) is 0 Å². The number of amides is 1. The van der Waals surface area contributed by atoms with Crippen LogP contribution in [-0.4, -0.2) is 32.0 Å². The molecule has 0 fully saturated rings. The van der Waals surface area contributed by atoms with Crippen molar-refractivity contribution in [2.45, 2.75) is 18.6 Å². The summed E-state index contributed by atoms with van der Waals surface area (Å²) in [4.78, 5) is 13.5. The van der Waals surface area contributed by atoms with Gasteiger partial charge in [0.2, 0.25) is 5.91 Å². The topological polar surface area (TPSA) is 56.1 Å². The van der Waals surface area contributed by atoms with Crippen LogP contribution >= 0.6 is 0 Å². The van der Waals surface area contributed by atoms with Gasteiger partial charge in [0.1, 0.15) is 5.54 Å². The number of hydrogen-bond acceptors (Lipinski definition) is 3. The van der Waals surface area contributed by atoms with E-state index in [1.807, 2.05) is 0 Å². The van der Waals surface area contributed by atoms with E-state index in [-0.39, 0.29) is 11.5 Å². The maximum Gasteiger partial charge on any atom is 0.417 e. The summed E-state index contributed by atoms with van der Waals surface area (Å²) in [7, 11) is 4.53. The predicted molar refractivity (Wildman–Crippen MR) is 71.3 cm³/mol. The molecular weight excluding hydrogens is 283 g/mol. The zero-order chi connectivity index (χ0) is 16.4. The molecule has 0 bridgehead atoms. The molecule has 0 aliphatic carbocycles. The van der Waals surface area contributed by atoms with Gasteiger partial charge in [-0.1, -0.05) is 6.07 Å². The Kier molecular flexibility index (Phi) is 4.64. The first-order chi connectivity index (χ1) is 9.57. The van der Waals surface area contributed by atoms with Crippen molar-refractivity contribution in [1.82, 2.24) is 10.2 Å². The largest absolute Gasteiger partial charge is 0.417 e. The maximum absolute atomic E-state index is 13.0. The Morgan fingerprint density at radius 3 is 2.29 bits per heavy atom. The van der Waals surface area contributed by atoms with Crippen LogP contribution in [0.5, 0.6) is 0 Å². The maximum atomic E-state index is 13.0. The smallest absolute Gasteiger partial charge is 0.347 e. The molecular formula is C14H16F3N3O. The van der Waals surface area contributed by atoms with Crippen LogP contribution in [0.25, 0.3) is 0 Å². The highest BCUT2D eigenvalue weighted by Crippen LogP contribution is 2.35. The number of nitrogens with zero attached hydrogens (tertiary/aromatic N) is 2. The Labute approximate surface area is 121 Å². The van der Waals surface area contributed by atoms with Crippen molar-refractivity contribution >= 4 is 5.91 Å². The van der Waals surface area contributed by atoms with Gasteiger partial charge in [0.25, 0.3) is 0 Å². The van der Waals surface area contributed by atoms with Gasteiger partial charge in [-0.2, -0.15) is 18.4 Å². The average Bonchev–Trinajstić information content (AvgIpc) is 2.43. The van der Waals surface area contributed by atoms with Gasteiger partial charge in [0, 0.05) is 14.1 Å². The molecule has 0 aliphatic rings. The quantitative estimate of drug-likeness (QED) is 0.930. The van der Waals surface area contributed by atoms with E-state index in [0.717, 1.165) is 12.1 Å². The molecule has 21 heavy (non-hydrogen) atoms. The van der Waals surface area contributed by atoms with E-state index in [0.29, 0.717) is 0 Å². The van der Waals surface area contributed by atoms with Crippen LogP contribution in [0.3, 0.4) is 0 Å². The van der Waals surface area contributed by atoms with Crippen molar-refractivity contribution in [2.24, 2.45) is 0 Å². The Hall–Kier alpha value is -2.07. The number of rotatable bonds is 3. The van der Waals surface area contributed by atoms with Crippen molar-refractivity contribution in [3.8, 4) is 6.07 Å². The molecule has 1 atom stereocenters. The fourth-order valence-corrected chi connectivity index (χ4v) is 2.01. The molecule has 7 heteroatoms. The number of likely N-dealkylation sites (N-methyl/N-ethyl adjacent to an activating group) is 2. The lowest BCUT2D eigenvalue weighted by Gasteiger charge is -2.31. The van der Waals surface area contributed by atoms with Gasteiger partial charge in [-0.25, -0.2) is 0 Å². The summed E-state index contributed by atoms with van der Waals surface area (Å²) in [5, 5.41) is 11.5. The third-order valence-electron chi connectivity index (χ3n) is 3.36. The number of benzene rings is 1. The molecule has 114 valence electrons. The van der Waals surface area contributed by atoms with Crippen LogP contribution in [-0.2, 0) is 16.5 Å². The lowest BCUT2D eigenvalue weighted by Crippen LogP contribution is -2.50. The van der Waals surface area contributed by atoms with Gasteiger partial charge < -0.3 is 10.2 Å². The minimum Gasteiger partial charge on any atom is -0.347 e. The number of halogens is 3. The fourth-order valence-electron chi connectivity index (χ4n) is 2.01. The van der Waals surface area contributed by atoms with Crippen LogP contribution in [0.4, 0.5) is 13.2 Å². The van der Waals surface area contributed by atoms with Gasteiger partial charge in [-0.3, -0.25) is 4.79 Å². The predicted octanol–water partition coefficient (Wildman–Crippen LogP) is 2.10. The standard InChI is InChI=1S/C14H16F3N3O/c1-13(19-2,12(21)20(3)4)10-6-5-9(8-18)11(7-10)14(15,16)17/h5-7,19H,1-4H3/t13-/m1/s1. The molecule has 1 aromatic carbocycles. The van der Waals surface area contributed by atoms with E-state index < -0.39 is 22.8 Å². The van der Waals surface area contributed by atoms with E-state index in [1.165, 1.54) is 45.1 Å². The van der Waals surface area contributed by atoms with Crippen molar-refractivity contribution < 1.29 is 18.0 Å². The lowest BCUT2D eigenvalue weighted by atomic mass is 9.88. The normalized spacial score (nSPS) is 14.2. The lowest BCUT2D eigenvalue weighted by molar-refractivity contribution is -0.139. The summed E-state index contributed by atoms with van der Waals surface area (Å²) < 4.78 is 39.0. The molecule has 0 heterocycles. The van der Waals surface area contributed by atoms with Crippen LogP contribution < -0.4 is 5.32 Å². The monoisotopic (exact) mass is 299 g/mol. The third kappa shape index (κ3) is 3.16. The van der Waals surface area contributed by atoms with E-state index in [4.69, 9.17) is 5.26 Å². The number of carbonyl (C=O) groups excluding carboxylic acids is 1. The van der Waals surface area contributed by atoms with Crippen LogP contribution in [0.2, 0.25) is 0 Å². The van der Waals surface area contributed by atoms with Crippen molar-refractivity contribution in [3.63, 3.8) is 0 Å². The molecule has 0 saturated heterocycles. The molecule has 0 unspecified atom stereocenters. The SMILES string of the molecule is CN[C@@](C)(C(=O)N(C)C)c1ccc(C#N)c(C(F)(F)F)c1.